The van der Waals surface area contributed by atoms with E-state index in [0.29, 0.717) is 31.4 Å². The number of nitrogens with zero attached hydrogens (tertiary/aromatic N) is 4. The number of sulfonamides is 1. The molecular formula is C23H31N5O3S. The van der Waals surface area contributed by atoms with Crippen LogP contribution in [0, 0.1) is 0 Å². The number of amides is 1. The van der Waals surface area contributed by atoms with Gasteiger partial charge in [-0.15, -0.1) is 0 Å². The molecule has 3 aromatic rings. The summed E-state index contributed by atoms with van der Waals surface area (Å²) < 4.78 is 28.1. The summed E-state index contributed by atoms with van der Waals surface area (Å²) in [7, 11) is 3.46. The number of carbonyl (C=O) groups excluding carboxylic acids is 1. The van der Waals surface area contributed by atoms with Crippen LogP contribution in [0.25, 0.3) is 11.0 Å². The second-order valence-electron chi connectivity index (χ2n) is 8.05. The Morgan fingerprint density at radius 1 is 1.06 bits per heavy atom. The Balaban J connectivity index is 1.67. The van der Waals surface area contributed by atoms with E-state index in [0.717, 1.165) is 22.6 Å². The fraction of sp³-hybridized carbons (Fsp3) is 0.391. The second kappa shape index (κ2) is 9.70. The number of benzene rings is 2. The lowest BCUT2D eigenvalue weighted by atomic mass is 10.2. The van der Waals surface area contributed by atoms with E-state index in [9.17, 15) is 13.2 Å². The lowest BCUT2D eigenvalue weighted by molar-refractivity contribution is -0.121. The molecular weight excluding hydrogens is 426 g/mol. The van der Waals surface area contributed by atoms with Gasteiger partial charge in [-0.05, 0) is 42.8 Å². The summed E-state index contributed by atoms with van der Waals surface area (Å²) in [5, 5.41) is 2.96. The van der Waals surface area contributed by atoms with Crippen LogP contribution >= 0.6 is 0 Å². The van der Waals surface area contributed by atoms with Crippen molar-refractivity contribution < 1.29 is 13.2 Å². The molecule has 0 unspecified atom stereocenters. The van der Waals surface area contributed by atoms with Crippen molar-refractivity contribution in [3.63, 3.8) is 0 Å². The van der Waals surface area contributed by atoms with Gasteiger partial charge < -0.3 is 14.8 Å². The molecule has 0 atom stereocenters. The largest absolute Gasteiger partial charge is 0.378 e. The molecule has 0 bridgehead atoms. The van der Waals surface area contributed by atoms with Crippen molar-refractivity contribution in [2.24, 2.45) is 0 Å². The van der Waals surface area contributed by atoms with Gasteiger partial charge in [0.25, 0.3) is 0 Å². The van der Waals surface area contributed by atoms with Crippen molar-refractivity contribution in [1.29, 1.82) is 0 Å². The summed E-state index contributed by atoms with van der Waals surface area (Å²) in [6, 6.07) is 13.0. The zero-order valence-electron chi connectivity index (χ0n) is 19.3. The quantitative estimate of drug-likeness (QED) is 0.534. The average molecular weight is 458 g/mol. The number of hydrogen-bond donors (Lipinski definition) is 1. The van der Waals surface area contributed by atoms with E-state index < -0.39 is 10.0 Å². The van der Waals surface area contributed by atoms with E-state index in [-0.39, 0.29) is 10.8 Å². The third-order valence-electron chi connectivity index (χ3n) is 5.41. The number of nitrogens with one attached hydrogen (secondary N) is 1. The molecule has 8 nitrogen and oxygen atoms in total. The number of aromatic nitrogens is 2. The summed E-state index contributed by atoms with van der Waals surface area (Å²) in [5.41, 5.74) is 3.63. The summed E-state index contributed by atoms with van der Waals surface area (Å²) in [6.45, 7) is 3.17. The Labute approximate surface area is 189 Å². The Morgan fingerprint density at radius 2 is 1.75 bits per heavy atom. The van der Waals surface area contributed by atoms with Gasteiger partial charge in [-0.25, -0.2) is 17.7 Å². The first kappa shape index (κ1) is 23.7. The van der Waals surface area contributed by atoms with Crippen molar-refractivity contribution in [2.75, 3.05) is 33.1 Å². The molecule has 0 aliphatic rings. The zero-order chi connectivity index (χ0) is 23.5. The second-order valence-corrected chi connectivity index (χ2v) is 10.2. The fourth-order valence-electron chi connectivity index (χ4n) is 3.50. The third-order valence-corrected chi connectivity index (χ3v) is 7.22. The van der Waals surface area contributed by atoms with Gasteiger partial charge in [0, 0.05) is 59.8 Å². The number of imidazole rings is 1. The average Bonchev–Trinajstić information content (AvgIpc) is 3.13. The van der Waals surface area contributed by atoms with E-state index >= 15 is 0 Å². The number of aryl methyl sites for hydroxylation is 2. The van der Waals surface area contributed by atoms with Crippen molar-refractivity contribution in [3.8, 4) is 0 Å². The molecule has 0 aliphatic carbocycles. The Bertz CT molecular complexity index is 1200. The van der Waals surface area contributed by atoms with Gasteiger partial charge in [-0.3, -0.25) is 4.79 Å². The van der Waals surface area contributed by atoms with Crippen molar-refractivity contribution in [1.82, 2.24) is 19.2 Å². The van der Waals surface area contributed by atoms with Crippen LogP contribution in [0.2, 0.25) is 0 Å². The number of rotatable bonds is 9. The van der Waals surface area contributed by atoms with Crippen molar-refractivity contribution in [3.05, 3.63) is 53.9 Å². The maximum Gasteiger partial charge on any atom is 0.242 e. The summed E-state index contributed by atoms with van der Waals surface area (Å²) >= 11 is 0. The molecule has 1 heterocycles. The predicted octanol–water partition coefficient (Wildman–Crippen LogP) is 2.62. The highest BCUT2D eigenvalue weighted by Gasteiger charge is 2.19. The standard InChI is InChI=1S/C23H31N5O3S/c1-6-28-21-12-11-19(32(30,31)27(4)5)15-20(21)25-22(28)13-14-23(29)24-16-17-7-9-18(10-8-17)26(2)3/h7-12,15H,6,13-14,16H2,1-5H3,(H,24,29). The predicted molar refractivity (Wildman–Crippen MR) is 127 cm³/mol. The normalized spacial score (nSPS) is 11.8. The summed E-state index contributed by atoms with van der Waals surface area (Å²) in [5.74, 6) is 0.722. The molecule has 0 saturated carbocycles. The van der Waals surface area contributed by atoms with Crippen LogP contribution in [0.4, 0.5) is 5.69 Å². The topological polar surface area (TPSA) is 87.5 Å². The van der Waals surface area contributed by atoms with Crippen LogP contribution in [0.5, 0.6) is 0 Å². The third kappa shape index (κ3) is 5.11. The molecule has 0 saturated heterocycles. The van der Waals surface area contributed by atoms with E-state index in [2.05, 4.69) is 10.3 Å². The van der Waals surface area contributed by atoms with Crippen molar-refractivity contribution >= 4 is 32.7 Å². The van der Waals surface area contributed by atoms with E-state index in [1.165, 1.54) is 18.4 Å². The van der Waals surface area contributed by atoms with E-state index in [1.54, 1.807) is 18.2 Å². The highest BCUT2D eigenvalue weighted by molar-refractivity contribution is 7.89. The fourth-order valence-corrected chi connectivity index (χ4v) is 4.42. The Kier molecular flexibility index (Phi) is 7.20. The highest BCUT2D eigenvalue weighted by Crippen LogP contribution is 2.23. The van der Waals surface area contributed by atoms with Gasteiger partial charge >= 0.3 is 0 Å². The summed E-state index contributed by atoms with van der Waals surface area (Å²) in [4.78, 5) is 19.3. The molecule has 1 N–H and O–H groups in total. The maximum atomic E-state index is 12.4. The molecule has 0 fully saturated rings. The van der Waals surface area contributed by atoms with Crippen LogP contribution in [0.3, 0.4) is 0 Å². The van der Waals surface area contributed by atoms with E-state index in [1.807, 2.05) is 54.8 Å². The lowest BCUT2D eigenvalue weighted by Crippen LogP contribution is -2.23. The number of carbonyl (C=O) groups is 1. The number of fused-ring (bicyclic) bond motifs is 1. The molecule has 32 heavy (non-hydrogen) atoms. The molecule has 0 radical (unpaired) electrons. The molecule has 1 aromatic heterocycles. The molecule has 172 valence electrons. The van der Waals surface area contributed by atoms with Crippen LogP contribution in [0.15, 0.2) is 47.4 Å². The van der Waals surface area contributed by atoms with Gasteiger partial charge in [0.15, 0.2) is 0 Å². The smallest absolute Gasteiger partial charge is 0.242 e. The zero-order valence-corrected chi connectivity index (χ0v) is 20.1. The van der Waals surface area contributed by atoms with E-state index in [4.69, 9.17) is 0 Å². The molecule has 3 rings (SSSR count). The van der Waals surface area contributed by atoms with Crippen LogP contribution in [-0.4, -0.2) is 56.4 Å². The molecule has 9 heteroatoms. The first-order valence-electron chi connectivity index (χ1n) is 10.6. The van der Waals surface area contributed by atoms with Gasteiger partial charge in [0.1, 0.15) is 5.82 Å². The first-order valence-corrected chi connectivity index (χ1v) is 12.0. The van der Waals surface area contributed by atoms with Crippen molar-refractivity contribution in [2.45, 2.75) is 37.8 Å². The first-order chi connectivity index (χ1) is 15.1. The minimum Gasteiger partial charge on any atom is -0.378 e. The lowest BCUT2D eigenvalue weighted by Gasteiger charge is -2.13. The Morgan fingerprint density at radius 3 is 2.34 bits per heavy atom. The van der Waals surface area contributed by atoms with Gasteiger partial charge in [0.2, 0.25) is 15.9 Å². The van der Waals surface area contributed by atoms with Gasteiger partial charge in [-0.1, -0.05) is 12.1 Å². The number of anilines is 1. The molecule has 2 aromatic carbocycles. The minimum absolute atomic E-state index is 0.0488. The summed E-state index contributed by atoms with van der Waals surface area (Å²) in [6.07, 6.45) is 0.783. The molecule has 1 amide bonds. The maximum absolute atomic E-state index is 12.4. The molecule has 0 spiro atoms. The van der Waals surface area contributed by atoms with Crippen LogP contribution < -0.4 is 10.2 Å². The number of hydrogen-bond acceptors (Lipinski definition) is 5. The molecule has 0 aliphatic heterocycles. The van der Waals surface area contributed by atoms with Crippen LogP contribution in [-0.2, 0) is 34.3 Å². The van der Waals surface area contributed by atoms with Gasteiger partial charge in [-0.2, -0.15) is 0 Å². The monoisotopic (exact) mass is 457 g/mol. The highest BCUT2D eigenvalue weighted by atomic mass is 32.2. The van der Waals surface area contributed by atoms with Gasteiger partial charge in [0.05, 0.1) is 15.9 Å². The SMILES string of the molecule is CCn1c(CCC(=O)NCc2ccc(N(C)C)cc2)nc2cc(S(=O)(=O)N(C)C)ccc21. The van der Waals surface area contributed by atoms with Crippen LogP contribution in [0.1, 0.15) is 24.7 Å². The minimum atomic E-state index is -3.53. The Hall–Kier alpha value is -2.91.